The van der Waals surface area contributed by atoms with Crippen LogP contribution in [0.1, 0.15) is 25.7 Å². The lowest BCUT2D eigenvalue weighted by atomic mass is 10.2. The maximum atomic E-state index is 12.5. The molecule has 0 saturated heterocycles. The molecule has 0 radical (unpaired) electrons. The highest BCUT2D eigenvalue weighted by atomic mass is 35.5. The van der Waals surface area contributed by atoms with Crippen LogP contribution in [0.15, 0.2) is 63.3 Å². The molecule has 7 nitrogen and oxygen atoms in total. The zero-order chi connectivity index (χ0) is 20.2. The van der Waals surface area contributed by atoms with Crippen LogP contribution in [0.5, 0.6) is 0 Å². The second kappa shape index (κ2) is 8.50. The summed E-state index contributed by atoms with van der Waals surface area (Å²) in [7, 11) is -7.66. The van der Waals surface area contributed by atoms with Gasteiger partial charge in [-0.05, 0) is 49.2 Å². The summed E-state index contributed by atoms with van der Waals surface area (Å²) in [6.45, 7) is 0.612. The lowest BCUT2D eigenvalue weighted by molar-refractivity contribution is 0.591. The highest BCUT2D eigenvalue weighted by molar-refractivity contribution is 7.92. The molecule has 150 valence electrons. The molecule has 0 amide bonds. The fraction of sp³-hybridized carbons (Fsp3) is 0.278. The molecule has 0 saturated carbocycles. The minimum Gasteiger partial charge on any atom is -0.280 e. The molecule has 0 aliphatic carbocycles. The van der Waals surface area contributed by atoms with E-state index in [1.54, 1.807) is 12.1 Å². The van der Waals surface area contributed by atoms with E-state index in [1.165, 1.54) is 36.4 Å². The number of sulfonamides is 2. The van der Waals surface area contributed by atoms with E-state index in [-0.39, 0.29) is 20.5 Å². The van der Waals surface area contributed by atoms with Gasteiger partial charge in [0.05, 0.1) is 9.92 Å². The molecule has 2 aromatic rings. The van der Waals surface area contributed by atoms with E-state index >= 15 is 0 Å². The Kier molecular flexibility index (Phi) is 6.26. The van der Waals surface area contributed by atoms with E-state index in [2.05, 4.69) is 14.4 Å². The number of nitrogens with one attached hydrogen (secondary N) is 2. The summed E-state index contributed by atoms with van der Waals surface area (Å²) in [6.07, 6.45) is 3.46. The minimum absolute atomic E-state index is 0.0279. The number of nitrogens with zero attached hydrogens (tertiary/aromatic N) is 1. The monoisotopic (exact) mass is 441 g/mol. The van der Waals surface area contributed by atoms with Crippen LogP contribution in [-0.4, -0.2) is 29.2 Å². The van der Waals surface area contributed by atoms with Gasteiger partial charge in [0, 0.05) is 18.7 Å². The molecule has 0 spiro atoms. The maximum Gasteiger partial charge on any atom is 0.263 e. The standard InChI is InChI=1S/C18H20ClN3O4S2/c19-16-6-3-4-7-17(16)28(25,26)21-14-9-11-15(12-10-14)27(23,24)22-18-8-2-1-5-13-20-18/h3-4,6-7,9-12,21H,1-2,5,8,13H2,(H,20,22). The van der Waals surface area contributed by atoms with Gasteiger partial charge in [-0.2, -0.15) is 0 Å². The van der Waals surface area contributed by atoms with E-state index < -0.39 is 20.0 Å². The highest BCUT2D eigenvalue weighted by Crippen LogP contribution is 2.24. The van der Waals surface area contributed by atoms with Gasteiger partial charge >= 0.3 is 0 Å². The van der Waals surface area contributed by atoms with Crippen LogP contribution in [-0.2, 0) is 20.0 Å². The summed E-state index contributed by atoms with van der Waals surface area (Å²) < 4.78 is 54.9. The second-order valence-electron chi connectivity index (χ2n) is 6.30. The van der Waals surface area contributed by atoms with Crippen molar-refractivity contribution in [3.8, 4) is 0 Å². The van der Waals surface area contributed by atoms with Crippen LogP contribution in [0.25, 0.3) is 0 Å². The molecule has 28 heavy (non-hydrogen) atoms. The van der Waals surface area contributed by atoms with Crippen molar-refractivity contribution in [2.45, 2.75) is 35.5 Å². The van der Waals surface area contributed by atoms with E-state index in [1.807, 2.05) is 0 Å². The number of amidine groups is 1. The van der Waals surface area contributed by atoms with Crippen molar-refractivity contribution >= 4 is 43.2 Å². The van der Waals surface area contributed by atoms with Gasteiger partial charge in [-0.3, -0.25) is 14.4 Å². The molecular formula is C18H20ClN3O4S2. The molecule has 10 heteroatoms. The largest absolute Gasteiger partial charge is 0.280 e. The third-order valence-electron chi connectivity index (χ3n) is 4.17. The van der Waals surface area contributed by atoms with Crippen LogP contribution in [0, 0.1) is 0 Å². The van der Waals surface area contributed by atoms with Gasteiger partial charge in [0.25, 0.3) is 20.0 Å². The highest BCUT2D eigenvalue weighted by Gasteiger charge is 2.20. The Labute approximate surface area is 169 Å². The number of hydrogen-bond donors (Lipinski definition) is 2. The van der Waals surface area contributed by atoms with Crippen LogP contribution in [0.3, 0.4) is 0 Å². The summed E-state index contributed by atoms with van der Waals surface area (Å²) >= 11 is 5.95. The van der Waals surface area contributed by atoms with Gasteiger partial charge in [0.15, 0.2) is 0 Å². The van der Waals surface area contributed by atoms with Crippen molar-refractivity contribution in [1.82, 2.24) is 4.72 Å². The first-order valence-corrected chi connectivity index (χ1v) is 12.1. The number of halogens is 1. The molecule has 2 N–H and O–H groups in total. The van der Waals surface area contributed by atoms with Crippen LogP contribution in [0.4, 0.5) is 5.69 Å². The number of rotatable bonds is 5. The van der Waals surface area contributed by atoms with Crippen molar-refractivity contribution in [1.29, 1.82) is 0 Å². The van der Waals surface area contributed by atoms with Crippen molar-refractivity contribution in [3.05, 3.63) is 53.6 Å². The summed E-state index contributed by atoms with van der Waals surface area (Å²) in [4.78, 5) is 4.24. The molecule has 3 rings (SSSR count). The van der Waals surface area contributed by atoms with Crippen molar-refractivity contribution in [2.75, 3.05) is 11.3 Å². The van der Waals surface area contributed by atoms with E-state index in [4.69, 9.17) is 11.6 Å². The molecule has 0 aromatic heterocycles. The topological polar surface area (TPSA) is 105 Å². The van der Waals surface area contributed by atoms with E-state index in [9.17, 15) is 16.8 Å². The van der Waals surface area contributed by atoms with Crippen LogP contribution >= 0.6 is 11.6 Å². The van der Waals surface area contributed by atoms with Crippen molar-refractivity contribution < 1.29 is 16.8 Å². The van der Waals surface area contributed by atoms with E-state index in [0.717, 1.165) is 19.3 Å². The zero-order valence-electron chi connectivity index (χ0n) is 14.9. The second-order valence-corrected chi connectivity index (χ2v) is 10.0. The fourth-order valence-electron chi connectivity index (χ4n) is 2.75. The first-order chi connectivity index (χ1) is 13.3. The average molecular weight is 442 g/mol. The number of benzene rings is 2. The number of hydrogen-bond acceptors (Lipinski definition) is 5. The minimum atomic E-state index is -3.89. The number of anilines is 1. The Hall–Kier alpha value is -2.10. The SMILES string of the molecule is O=S(=O)(NC1=NCCCCC1)c1ccc(NS(=O)(=O)c2ccccc2Cl)cc1. The van der Waals surface area contributed by atoms with Gasteiger partial charge in [-0.1, -0.05) is 30.2 Å². The Morgan fingerprint density at radius 1 is 0.821 bits per heavy atom. The van der Waals surface area contributed by atoms with Crippen molar-refractivity contribution in [3.63, 3.8) is 0 Å². The van der Waals surface area contributed by atoms with Gasteiger partial charge in [0.1, 0.15) is 10.7 Å². The Morgan fingerprint density at radius 3 is 2.25 bits per heavy atom. The molecule has 0 atom stereocenters. The molecule has 2 aromatic carbocycles. The normalized spacial score (nSPS) is 15.4. The van der Waals surface area contributed by atoms with Crippen LogP contribution in [0.2, 0.25) is 5.02 Å². The summed E-state index contributed by atoms with van der Waals surface area (Å²) in [6, 6.07) is 11.5. The Morgan fingerprint density at radius 2 is 1.54 bits per heavy atom. The molecule has 1 aliphatic heterocycles. The van der Waals surface area contributed by atoms with Crippen molar-refractivity contribution in [2.24, 2.45) is 4.99 Å². The average Bonchev–Trinajstić information content (AvgIpc) is 2.90. The van der Waals surface area contributed by atoms with Gasteiger partial charge < -0.3 is 0 Å². The van der Waals surface area contributed by atoms with E-state index in [0.29, 0.717) is 18.8 Å². The third-order valence-corrected chi connectivity index (χ3v) is 7.45. The van der Waals surface area contributed by atoms with Crippen LogP contribution < -0.4 is 9.44 Å². The predicted molar refractivity (Wildman–Crippen MR) is 110 cm³/mol. The van der Waals surface area contributed by atoms with Gasteiger partial charge in [0.2, 0.25) is 0 Å². The quantitative estimate of drug-likeness (QED) is 0.741. The molecule has 0 fully saturated rings. The first kappa shape index (κ1) is 20.6. The first-order valence-electron chi connectivity index (χ1n) is 8.71. The third kappa shape index (κ3) is 5.03. The maximum absolute atomic E-state index is 12.5. The fourth-order valence-corrected chi connectivity index (χ4v) is 5.41. The van der Waals surface area contributed by atoms with Gasteiger partial charge in [-0.15, -0.1) is 0 Å². The smallest absolute Gasteiger partial charge is 0.263 e. The Balaban J connectivity index is 1.76. The summed E-state index contributed by atoms with van der Waals surface area (Å²) in [5.41, 5.74) is 0.227. The summed E-state index contributed by atoms with van der Waals surface area (Å²) in [5, 5.41) is 0.0996. The molecule has 1 heterocycles. The molecule has 1 aliphatic rings. The predicted octanol–water partition coefficient (Wildman–Crippen LogP) is 3.39. The molecule has 0 bridgehead atoms. The van der Waals surface area contributed by atoms with Gasteiger partial charge in [-0.25, -0.2) is 16.8 Å². The number of aliphatic imine (C=N–C) groups is 1. The molecular weight excluding hydrogens is 422 g/mol. The summed E-state index contributed by atoms with van der Waals surface area (Å²) in [5.74, 6) is 0.459. The Bertz CT molecular complexity index is 1080. The lowest BCUT2D eigenvalue weighted by Crippen LogP contribution is -2.30. The lowest BCUT2D eigenvalue weighted by Gasteiger charge is -2.12. The zero-order valence-corrected chi connectivity index (χ0v) is 17.3. The molecule has 0 unspecified atom stereocenters.